The molecular formula is C8H13N. The lowest BCUT2D eigenvalue weighted by atomic mass is 10.0. The Morgan fingerprint density at radius 1 is 1.67 bits per heavy atom. The number of rotatable bonds is 1. The SMILES string of the molecule is CNC1CC=CC=C1C. The highest BCUT2D eigenvalue weighted by Crippen LogP contribution is 2.10. The Balaban J connectivity index is 2.59. The summed E-state index contributed by atoms with van der Waals surface area (Å²) in [6.45, 7) is 2.16. The lowest BCUT2D eigenvalue weighted by molar-refractivity contribution is 0.638. The van der Waals surface area contributed by atoms with E-state index in [0.29, 0.717) is 6.04 Å². The minimum Gasteiger partial charge on any atom is -0.313 e. The Labute approximate surface area is 56.5 Å². The average Bonchev–Trinajstić information content (AvgIpc) is 1.89. The van der Waals surface area contributed by atoms with Crippen molar-refractivity contribution >= 4 is 0 Å². The van der Waals surface area contributed by atoms with Gasteiger partial charge in [-0.3, -0.25) is 0 Å². The largest absolute Gasteiger partial charge is 0.313 e. The van der Waals surface area contributed by atoms with Crippen LogP contribution in [0.4, 0.5) is 0 Å². The third-order valence-corrected chi connectivity index (χ3v) is 1.77. The van der Waals surface area contributed by atoms with Gasteiger partial charge in [0.25, 0.3) is 0 Å². The maximum atomic E-state index is 3.23. The van der Waals surface area contributed by atoms with E-state index in [2.05, 4.69) is 30.5 Å². The van der Waals surface area contributed by atoms with E-state index in [1.807, 2.05) is 7.05 Å². The van der Waals surface area contributed by atoms with Gasteiger partial charge in [0.05, 0.1) is 0 Å². The van der Waals surface area contributed by atoms with Crippen molar-refractivity contribution in [3.63, 3.8) is 0 Å². The Morgan fingerprint density at radius 3 is 2.89 bits per heavy atom. The van der Waals surface area contributed by atoms with Gasteiger partial charge in [0.15, 0.2) is 0 Å². The van der Waals surface area contributed by atoms with Gasteiger partial charge in [0, 0.05) is 6.04 Å². The monoisotopic (exact) mass is 123 g/mol. The highest BCUT2D eigenvalue weighted by Gasteiger charge is 2.06. The van der Waals surface area contributed by atoms with Crippen molar-refractivity contribution in [2.45, 2.75) is 19.4 Å². The van der Waals surface area contributed by atoms with Crippen molar-refractivity contribution in [1.29, 1.82) is 0 Å². The van der Waals surface area contributed by atoms with Crippen LogP contribution in [0.5, 0.6) is 0 Å². The minimum absolute atomic E-state index is 0.579. The second-order valence-corrected chi connectivity index (χ2v) is 2.42. The summed E-state index contributed by atoms with van der Waals surface area (Å²) < 4.78 is 0. The molecule has 1 heteroatoms. The zero-order valence-corrected chi connectivity index (χ0v) is 6.02. The first-order valence-corrected chi connectivity index (χ1v) is 3.35. The summed E-state index contributed by atoms with van der Waals surface area (Å²) in [5, 5.41) is 3.23. The summed E-state index contributed by atoms with van der Waals surface area (Å²) in [7, 11) is 2.00. The van der Waals surface area contributed by atoms with E-state index in [0.717, 1.165) is 6.42 Å². The quantitative estimate of drug-likeness (QED) is 0.557. The lowest BCUT2D eigenvalue weighted by Crippen LogP contribution is -2.26. The molecule has 9 heavy (non-hydrogen) atoms. The first-order valence-electron chi connectivity index (χ1n) is 3.35. The number of hydrogen-bond donors (Lipinski definition) is 1. The number of nitrogens with one attached hydrogen (secondary N) is 1. The highest BCUT2D eigenvalue weighted by atomic mass is 14.9. The van der Waals surface area contributed by atoms with Gasteiger partial charge < -0.3 is 5.32 Å². The fraction of sp³-hybridized carbons (Fsp3) is 0.500. The van der Waals surface area contributed by atoms with Crippen LogP contribution in [-0.2, 0) is 0 Å². The summed E-state index contributed by atoms with van der Waals surface area (Å²) in [5.74, 6) is 0. The number of hydrogen-bond acceptors (Lipinski definition) is 1. The van der Waals surface area contributed by atoms with Gasteiger partial charge in [-0.25, -0.2) is 0 Å². The molecule has 1 unspecified atom stereocenters. The first-order chi connectivity index (χ1) is 4.34. The molecule has 0 saturated carbocycles. The summed E-state index contributed by atoms with van der Waals surface area (Å²) in [6, 6.07) is 0.579. The van der Waals surface area contributed by atoms with Crippen molar-refractivity contribution in [3.05, 3.63) is 23.8 Å². The van der Waals surface area contributed by atoms with Gasteiger partial charge >= 0.3 is 0 Å². The lowest BCUT2D eigenvalue weighted by Gasteiger charge is -2.16. The van der Waals surface area contributed by atoms with Crippen molar-refractivity contribution in [3.8, 4) is 0 Å². The van der Waals surface area contributed by atoms with E-state index >= 15 is 0 Å². The molecule has 0 aliphatic heterocycles. The predicted octanol–water partition coefficient (Wildman–Crippen LogP) is 1.48. The van der Waals surface area contributed by atoms with E-state index in [1.165, 1.54) is 5.57 Å². The molecule has 1 aliphatic rings. The molecule has 0 radical (unpaired) electrons. The Hall–Kier alpha value is -0.560. The van der Waals surface area contributed by atoms with Crippen molar-refractivity contribution in [2.75, 3.05) is 7.05 Å². The van der Waals surface area contributed by atoms with Crippen LogP contribution in [0, 0.1) is 0 Å². The predicted molar refractivity (Wildman–Crippen MR) is 40.4 cm³/mol. The fourth-order valence-electron chi connectivity index (χ4n) is 1.08. The Morgan fingerprint density at radius 2 is 2.44 bits per heavy atom. The summed E-state index contributed by atoms with van der Waals surface area (Å²) >= 11 is 0. The molecule has 50 valence electrons. The van der Waals surface area contributed by atoms with Crippen molar-refractivity contribution in [2.24, 2.45) is 0 Å². The summed E-state index contributed by atoms with van der Waals surface area (Å²) in [6.07, 6.45) is 7.60. The van der Waals surface area contributed by atoms with Crippen molar-refractivity contribution < 1.29 is 0 Å². The Kier molecular flexibility index (Phi) is 2.06. The number of allylic oxidation sites excluding steroid dienone is 2. The van der Waals surface area contributed by atoms with Crippen LogP contribution in [0.15, 0.2) is 23.8 Å². The maximum Gasteiger partial charge on any atom is 0.0311 e. The molecule has 0 spiro atoms. The van der Waals surface area contributed by atoms with Gasteiger partial charge in [0.2, 0.25) is 0 Å². The number of likely N-dealkylation sites (N-methyl/N-ethyl adjacent to an activating group) is 1. The fourth-order valence-corrected chi connectivity index (χ4v) is 1.08. The summed E-state index contributed by atoms with van der Waals surface area (Å²) in [4.78, 5) is 0. The van der Waals surface area contributed by atoms with Gasteiger partial charge in [-0.2, -0.15) is 0 Å². The molecule has 0 saturated heterocycles. The second kappa shape index (κ2) is 2.83. The van der Waals surface area contributed by atoms with E-state index in [-0.39, 0.29) is 0 Å². The molecule has 0 bridgehead atoms. The molecule has 1 atom stereocenters. The molecule has 0 heterocycles. The van der Waals surface area contributed by atoms with E-state index in [1.54, 1.807) is 0 Å². The van der Waals surface area contributed by atoms with Crippen LogP contribution in [0.1, 0.15) is 13.3 Å². The van der Waals surface area contributed by atoms with Gasteiger partial charge in [-0.15, -0.1) is 0 Å². The highest BCUT2D eigenvalue weighted by molar-refractivity contribution is 5.21. The molecule has 1 rings (SSSR count). The standard InChI is InChI=1S/C8H13N/c1-7-5-3-4-6-8(7)9-2/h3-5,8-9H,6H2,1-2H3. The topological polar surface area (TPSA) is 12.0 Å². The maximum absolute atomic E-state index is 3.23. The molecule has 0 aromatic heterocycles. The third kappa shape index (κ3) is 1.42. The van der Waals surface area contributed by atoms with Gasteiger partial charge in [0.1, 0.15) is 0 Å². The Bertz CT molecular complexity index is 145. The molecular weight excluding hydrogens is 110 g/mol. The molecule has 1 nitrogen and oxygen atoms in total. The van der Waals surface area contributed by atoms with Crippen LogP contribution in [0.2, 0.25) is 0 Å². The zero-order valence-electron chi connectivity index (χ0n) is 6.02. The average molecular weight is 123 g/mol. The van der Waals surface area contributed by atoms with E-state index in [9.17, 15) is 0 Å². The molecule has 0 aromatic carbocycles. The molecule has 0 fully saturated rings. The third-order valence-electron chi connectivity index (χ3n) is 1.77. The van der Waals surface area contributed by atoms with Crippen molar-refractivity contribution in [1.82, 2.24) is 5.32 Å². The first kappa shape index (κ1) is 6.56. The van der Waals surface area contributed by atoms with Crippen LogP contribution >= 0.6 is 0 Å². The molecule has 0 amide bonds. The smallest absolute Gasteiger partial charge is 0.0311 e. The molecule has 0 aromatic rings. The second-order valence-electron chi connectivity index (χ2n) is 2.42. The van der Waals surface area contributed by atoms with E-state index < -0.39 is 0 Å². The molecule has 1 N–H and O–H groups in total. The van der Waals surface area contributed by atoms with Crippen LogP contribution < -0.4 is 5.32 Å². The van der Waals surface area contributed by atoms with Crippen LogP contribution in [-0.4, -0.2) is 13.1 Å². The molecule has 1 aliphatic carbocycles. The zero-order chi connectivity index (χ0) is 6.69. The van der Waals surface area contributed by atoms with E-state index in [4.69, 9.17) is 0 Å². The van der Waals surface area contributed by atoms with Gasteiger partial charge in [-0.05, 0) is 20.4 Å². The van der Waals surface area contributed by atoms with Gasteiger partial charge in [-0.1, -0.05) is 23.8 Å². The van der Waals surface area contributed by atoms with Crippen LogP contribution in [0.3, 0.4) is 0 Å². The minimum atomic E-state index is 0.579. The summed E-state index contributed by atoms with van der Waals surface area (Å²) in [5.41, 5.74) is 1.43. The van der Waals surface area contributed by atoms with Crippen LogP contribution in [0.25, 0.3) is 0 Å². The normalized spacial score (nSPS) is 26.0.